The highest BCUT2D eigenvalue weighted by molar-refractivity contribution is 6.22. The number of imide groups is 1. The molecule has 6 heteroatoms. The van der Waals surface area contributed by atoms with Crippen LogP contribution in [0, 0.1) is 6.92 Å². The molecule has 20 heavy (non-hydrogen) atoms. The molecule has 3 amide bonds. The fraction of sp³-hybridized carbons (Fsp3) is 0.357. The number of anilines is 1. The van der Waals surface area contributed by atoms with Gasteiger partial charge in [0, 0.05) is 12.7 Å². The minimum Gasteiger partial charge on any atom is -0.464 e. The molecule has 0 saturated carbocycles. The third-order valence-electron chi connectivity index (χ3n) is 3.14. The fourth-order valence-electron chi connectivity index (χ4n) is 2.05. The molecule has 2 rings (SSSR count). The zero-order valence-electron chi connectivity index (χ0n) is 11.6. The Labute approximate surface area is 116 Å². The van der Waals surface area contributed by atoms with Crippen molar-refractivity contribution >= 4 is 23.6 Å². The summed E-state index contributed by atoms with van der Waals surface area (Å²) in [6, 6.07) is 5.26. The van der Waals surface area contributed by atoms with Crippen molar-refractivity contribution in [1.82, 2.24) is 4.90 Å². The van der Waals surface area contributed by atoms with Crippen molar-refractivity contribution < 1.29 is 19.1 Å². The number of nitrogens with zero attached hydrogens (tertiary/aromatic N) is 2. The van der Waals surface area contributed by atoms with Crippen LogP contribution in [0.5, 0.6) is 0 Å². The van der Waals surface area contributed by atoms with Crippen LogP contribution in [0.4, 0.5) is 10.5 Å². The normalized spacial score (nSPS) is 18.6. The Bertz CT molecular complexity index is 553. The number of esters is 1. The molecule has 0 unspecified atom stereocenters. The molecule has 0 bridgehead atoms. The molecular formula is C14H16N2O4. The maximum absolute atomic E-state index is 12.1. The Morgan fingerprint density at radius 2 is 1.85 bits per heavy atom. The topological polar surface area (TPSA) is 66.9 Å². The summed E-state index contributed by atoms with van der Waals surface area (Å²) in [5.41, 5.74) is 1.52. The van der Waals surface area contributed by atoms with E-state index in [9.17, 15) is 14.4 Å². The van der Waals surface area contributed by atoms with Crippen LogP contribution in [-0.4, -0.2) is 42.5 Å². The Morgan fingerprint density at radius 3 is 2.40 bits per heavy atom. The molecule has 1 heterocycles. The van der Waals surface area contributed by atoms with Gasteiger partial charge in [-0.25, -0.2) is 9.59 Å². The van der Waals surface area contributed by atoms with Gasteiger partial charge < -0.3 is 4.74 Å². The lowest BCUT2D eigenvalue weighted by Crippen LogP contribution is -2.42. The summed E-state index contributed by atoms with van der Waals surface area (Å²) in [6.07, 6.45) is 0. The number of aryl methyl sites for hydroxylation is 1. The van der Waals surface area contributed by atoms with Gasteiger partial charge in [-0.05, 0) is 26.0 Å². The molecule has 6 nitrogen and oxygen atoms in total. The van der Waals surface area contributed by atoms with Crippen molar-refractivity contribution in [1.29, 1.82) is 0 Å². The first-order valence-electron chi connectivity index (χ1n) is 6.31. The van der Waals surface area contributed by atoms with Crippen molar-refractivity contribution in [3.8, 4) is 0 Å². The Balaban J connectivity index is 2.41. The van der Waals surface area contributed by atoms with Crippen molar-refractivity contribution in [2.24, 2.45) is 0 Å². The number of amides is 3. The first-order valence-corrected chi connectivity index (χ1v) is 6.31. The van der Waals surface area contributed by atoms with Crippen LogP contribution in [0.2, 0.25) is 0 Å². The quantitative estimate of drug-likeness (QED) is 0.474. The van der Waals surface area contributed by atoms with Crippen molar-refractivity contribution in [2.45, 2.75) is 19.9 Å². The van der Waals surface area contributed by atoms with E-state index in [2.05, 4.69) is 0 Å². The minimum atomic E-state index is -1.24. The number of carbonyl (C=O) groups is 3. The van der Waals surface area contributed by atoms with E-state index >= 15 is 0 Å². The van der Waals surface area contributed by atoms with Crippen molar-refractivity contribution in [3.05, 3.63) is 29.8 Å². The van der Waals surface area contributed by atoms with Crippen LogP contribution in [0.15, 0.2) is 24.3 Å². The Morgan fingerprint density at radius 1 is 1.25 bits per heavy atom. The summed E-state index contributed by atoms with van der Waals surface area (Å²) >= 11 is 0. The fourth-order valence-corrected chi connectivity index (χ4v) is 2.05. The van der Waals surface area contributed by atoms with Gasteiger partial charge in [0.2, 0.25) is 6.04 Å². The number of benzene rings is 1. The summed E-state index contributed by atoms with van der Waals surface area (Å²) in [5, 5.41) is 0. The molecule has 0 N–H and O–H groups in total. The number of hydrogen-bond acceptors (Lipinski definition) is 4. The average Bonchev–Trinajstić information content (AvgIpc) is 2.64. The number of likely N-dealkylation sites (N-methyl/N-ethyl adjacent to an activating group) is 1. The van der Waals surface area contributed by atoms with E-state index in [1.54, 1.807) is 19.1 Å². The number of urea groups is 1. The van der Waals surface area contributed by atoms with E-state index < -0.39 is 23.9 Å². The highest BCUT2D eigenvalue weighted by Crippen LogP contribution is 2.26. The van der Waals surface area contributed by atoms with Crippen LogP contribution in [-0.2, 0) is 14.3 Å². The van der Waals surface area contributed by atoms with Crippen LogP contribution in [0.1, 0.15) is 12.5 Å². The number of hydrogen-bond donors (Lipinski definition) is 0. The summed E-state index contributed by atoms with van der Waals surface area (Å²) in [4.78, 5) is 38.2. The number of rotatable bonds is 3. The van der Waals surface area contributed by atoms with Gasteiger partial charge in [0.1, 0.15) is 0 Å². The molecule has 1 aliphatic rings. The maximum Gasteiger partial charge on any atom is 0.339 e. The standard InChI is InChI=1S/C14H16N2O4/c1-4-20-13(18)11-12(17)15(3)14(19)16(11)10-7-5-9(2)6-8-10/h5-8,11H,4H2,1-3H3/t11-/m0/s1. The summed E-state index contributed by atoms with van der Waals surface area (Å²) in [7, 11) is 1.35. The molecule has 1 saturated heterocycles. The third-order valence-corrected chi connectivity index (χ3v) is 3.14. The number of ether oxygens (including phenoxy) is 1. The molecule has 1 fully saturated rings. The van der Waals surface area contributed by atoms with Gasteiger partial charge in [-0.15, -0.1) is 0 Å². The Kier molecular flexibility index (Phi) is 3.74. The number of carbonyl (C=O) groups excluding carboxylic acids is 3. The summed E-state index contributed by atoms with van der Waals surface area (Å²) < 4.78 is 4.89. The molecular weight excluding hydrogens is 260 g/mol. The van der Waals surface area contributed by atoms with Crippen LogP contribution in [0.3, 0.4) is 0 Å². The van der Waals surface area contributed by atoms with Crippen LogP contribution >= 0.6 is 0 Å². The van der Waals surface area contributed by atoms with Crippen molar-refractivity contribution in [3.63, 3.8) is 0 Å². The zero-order chi connectivity index (χ0) is 14.9. The Hall–Kier alpha value is -2.37. The van der Waals surface area contributed by atoms with Crippen LogP contribution < -0.4 is 4.90 Å². The predicted molar refractivity (Wildman–Crippen MR) is 72.2 cm³/mol. The molecule has 1 aromatic carbocycles. The first kappa shape index (κ1) is 14.0. The van der Waals surface area contributed by atoms with Gasteiger partial charge in [-0.2, -0.15) is 0 Å². The average molecular weight is 276 g/mol. The highest BCUT2D eigenvalue weighted by Gasteiger charge is 2.49. The van der Waals surface area contributed by atoms with Gasteiger partial charge in [-0.3, -0.25) is 14.6 Å². The maximum atomic E-state index is 12.1. The lowest BCUT2D eigenvalue weighted by atomic mass is 10.2. The molecule has 106 valence electrons. The lowest BCUT2D eigenvalue weighted by Gasteiger charge is -2.20. The van der Waals surface area contributed by atoms with Gasteiger partial charge in [0.25, 0.3) is 5.91 Å². The van der Waals surface area contributed by atoms with Gasteiger partial charge in [0.05, 0.1) is 6.61 Å². The van der Waals surface area contributed by atoms with E-state index in [0.717, 1.165) is 10.5 Å². The predicted octanol–water partition coefficient (Wildman–Crippen LogP) is 1.33. The summed E-state index contributed by atoms with van der Waals surface area (Å²) in [5.74, 6) is -1.29. The molecule has 0 spiro atoms. The largest absolute Gasteiger partial charge is 0.464 e. The van der Waals surface area contributed by atoms with E-state index in [4.69, 9.17) is 4.74 Å². The van der Waals surface area contributed by atoms with Crippen LogP contribution in [0.25, 0.3) is 0 Å². The molecule has 1 aliphatic heterocycles. The molecule has 0 aliphatic carbocycles. The third kappa shape index (κ3) is 2.24. The zero-order valence-corrected chi connectivity index (χ0v) is 11.6. The first-order chi connectivity index (χ1) is 9.47. The second kappa shape index (κ2) is 5.32. The van der Waals surface area contributed by atoms with E-state index in [1.165, 1.54) is 11.9 Å². The smallest absolute Gasteiger partial charge is 0.339 e. The lowest BCUT2D eigenvalue weighted by molar-refractivity contribution is -0.148. The monoisotopic (exact) mass is 276 g/mol. The summed E-state index contributed by atoms with van der Waals surface area (Å²) in [6.45, 7) is 3.72. The second-order valence-corrected chi connectivity index (χ2v) is 4.54. The molecule has 0 radical (unpaired) electrons. The van der Waals surface area contributed by atoms with E-state index in [-0.39, 0.29) is 6.61 Å². The molecule has 1 atom stereocenters. The highest BCUT2D eigenvalue weighted by atomic mass is 16.5. The van der Waals surface area contributed by atoms with E-state index in [1.807, 2.05) is 19.1 Å². The van der Waals surface area contributed by atoms with Gasteiger partial charge in [-0.1, -0.05) is 17.7 Å². The molecule has 1 aromatic rings. The SMILES string of the molecule is CCOC(=O)[C@@H]1C(=O)N(C)C(=O)N1c1ccc(C)cc1. The van der Waals surface area contributed by atoms with E-state index in [0.29, 0.717) is 5.69 Å². The molecule has 0 aromatic heterocycles. The van der Waals surface area contributed by atoms with Crippen molar-refractivity contribution in [2.75, 3.05) is 18.6 Å². The second-order valence-electron chi connectivity index (χ2n) is 4.54. The minimum absolute atomic E-state index is 0.155. The van der Waals surface area contributed by atoms with Gasteiger partial charge in [0.15, 0.2) is 0 Å². The van der Waals surface area contributed by atoms with Gasteiger partial charge >= 0.3 is 12.0 Å².